The van der Waals surface area contributed by atoms with Crippen molar-refractivity contribution in [1.82, 2.24) is 5.32 Å². The lowest BCUT2D eigenvalue weighted by Crippen LogP contribution is -2.35. The Morgan fingerprint density at radius 2 is 1.66 bits per heavy atom. The van der Waals surface area contributed by atoms with Crippen molar-refractivity contribution in [2.24, 2.45) is 5.92 Å². The molecule has 2 aliphatic rings. The summed E-state index contributed by atoms with van der Waals surface area (Å²) >= 11 is 5.90. The summed E-state index contributed by atoms with van der Waals surface area (Å²) in [5.74, 6) is 5.48. The average molecular weight is 450 g/mol. The van der Waals surface area contributed by atoms with Gasteiger partial charge in [0.1, 0.15) is 0 Å². The molecule has 2 fully saturated rings. The van der Waals surface area contributed by atoms with Crippen molar-refractivity contribution < 1.29 is 14.4 Å². The Balaban J connectivity index is 1.28. The fourth-order valence-electron chi connectivity index (χ4n) is 3.98. The summed E-state index contributed by atoms with van der Waals surface area (Å²) in [5, 5.41) is 3.40. The lowest BCUT2D eigenvalue weighted by molar-refractivity contribution is -0.126. The van der Waals surface area contributed by atoms with E-state index in [-0.39, 0.29) is 30.7 Å². The number of halogens is 1. The minimum atomic E-state index is -0.402. The third-order valence-electron chi connectivity index (χ3n) is 5.72. The Morgan fingerprint density at radius 3 is 2.38 bits per heavy atom. The second-order valence-corrected chi connectivity index (χ2v) is 8.39. The predicted molar refractivity (Wildman–Crippen MR) is 124 cm³/mol. The van der Waals surface area contributed by atoms with Crippen molar-refractivity contribution >= 4 is 40.7 Å². The van der Waals surface area contributed by atoms with Crippen LogP contribution in [0.3, 0.4) is 0 Å². The van der Waals surface area contributed by atoms with Crippen LogP contribution in [-0.4, -0.2) is 37.4 Å². The molecule has 32 heavy (non-hydrogen) atoms. The molecule has 0 spiro atoms. The van der Waals surface area contributed by atoms with Crippen LogP contribution in [0.2, 0.25) is 5.02 Å². The molecule has 4 rings (SSSR count). The molecule has 1 N–H and O–H groups in total. The van der Waals surface area contributed by atoms with E-state index in [0.29, 0.717) is 18.0 Å². The van der Waals surface area contributed by atoms with Gasteiger partial charge in [0.2, 0.25) is 17.7 Å². The SMILES string of the molecule is O=C(NCC#Cc1ccc(N2CCCCC2=O)cc1)C1CC(=O)N(c2ccc(Cl)cc2)C1. The monoisotopic (exact) mass is 449 g/mol. The van der Waals surface area contributed by atoms with Gasteiger partial charge in [-0.05, 0) is 61.4 Å². The quantitative estimate of drug-likeness (QED) is 0.727. The Labute approximate surface area is 192 Å². The Morgan fingerprint density at radius 1 is 0.969 bits per heavy atom. The van der Waals surface area contributed by atoms with Gasteiger partial charge in [0, 0.05) is 47.9 Å². The molecule has 0 aromatic heterocycles. The molecule has 2 aromatic carbocycles. The van der Waals surface area contributed by atoms with Crippen LogP contribution in [0.5, 0.6) is 0 Å². The first-order valence-electron chi connectivity index (χ1n) is 10.7. The highest BCUT2D eigenvalue weighted by Crippen LogP contribution is 2.26. The Bertz CT molecular complexity index is 1070. The summed E-state index contributed by atoms with van der Waals surface area (Å²) in [7, 11) is 0. The average Bonchev–Trinajstić information content (AvgIpc) is 3.20. The molecule has 6 nitrogen and oxygen atoms in total. The molecule has 2 heterocycles. The molecule has 7 heteroatoms. The Kier molecular flexibility index (Phi) is 6.77. The van der Waals surface area contributed by atoms with Gasteiger partial charge in [0.05, 0.1) is 12.5 Å². The van der Waals surface area contributed by atoms with E-state index in [0.717, 1.165) is 36.3 Å². The van der Waals surface area contributed by atoms with Crippen molar-refractivity contribution in [2.45, 2.75) is 25.7 Å². The molecule has 2 aliphatic heterocycles. The van der Waals surface area contributed by atoms with Gasteiger partial charge in [-0.25, -0.2) is 0 Å². The maximum atomic E-state index is 12.5. The molecule has 0 bridgehead atoms. The van der Waals surface area contributed by atoms with Crippen molar-refractivity contribution in [2.75, 3.05) is 29.4 Å². The minimum absolute atomic E-state index is 0.0779. The zero-order valence-corrected chi connectivity index (χ0v) is 18.4. The maximum Gasteiger partial charge on any atom is 0.227 e. The number of carbonyl (C=O) groups is 3. The third kappa shape index (κ3) is 5.12. The standard InChI is InChI=1S/C25H24ClN3O3/c26-20-8-12-22(13-9-20)29-17-19(16-24(29)31)25(32)27-14-3-4-18-6-10-21(11-7-18)28-15-2-1-5-23(28)30/h6-13,19H,1-2,5,14-17H2,(H,27,32). The maximum absolute atomic E-state index is 12.5. The minimum Gasteiger partial charge on any atom is -0.345 e. The van der Waals surface area contributed by atoms with Gasteiger partial charge in [-0.1, -0.05) is 23.4 Å². The van der Waals surface area contributed by atoms with Crippen LogP contribution in [0.4, 0.5) is 11.4 Å². The summed E-state index contributed by atoms with van der Waals surface area (Å²) in [6.45, 7) is 1.31. The van der Waals surface area contributed by atoms with Crippen molar-refractivity contribution in [1.29, 1.82) is 0 Å². The van der Waals surface area contributed by atoms with Crippen LogP contribution in [0.1, 0.15) is 31.2 Å². The number of nitrogens with zero attached hydrogens (tertiary/aromatic N) is 2. The van der Waals surface area contributed by atoms with Crippen LogP contribution >= 0.6 is 11.6 Å². The van der Waals surface area contributed by atoms with Gasteiger partial charge >= 0.3 is 0 Å². The number of nitrogens with one attached hydrogen (secondary N) is 1. The fraction of sp³-hybridized carbons (Fsp3) is 0.320. The van der Waals surface area contributed by atoms with E-state index in [1.165, 1.54) is 0 Å². The smallest absolute Gasteiger partial charge is 0.227 e. The molecule has 2 saturated heterocycles. The molecule has 3 amide bonds. The van der Waals surface area contributed by atoms with E-state index in [4.69, 9.17) is 11.6 Å². The van der Waals surface area contributed by atoms with Gasteiger partial charge in [0.15, 0.2) is 0 Å². The number of carbonyl (C=O) groups excluding carboxylic acids is 3. The Hall–Kier alpha value is -3.30. The van der Waals surface area contributed by atoms with E-state index < -0.39 is 5.92 Å². The lowest BCUT2D eigenvalue weighted by atomic mass is 10.1. The lowest BCUT2D eigenvalue weighted by Gasteiger charge is -2.26. The molecular weight excluding hydrogens is 426 g/mol. The zero-order chi connectivity index (χ0) is 22.5. The van der Waals surface area contributed by atoms with E-state index in [9.17, 15) is 14.4 Å². The normalized spacial score (nSPS) is 18.3. The highest BCUT2D eigenvalue weighted by atomic mass is 35.5. The van der Waals surface area contributed by atoms with Crippen LogP contribution in [0.15, 0.2) is 48.5 Å². The van der Waals surface area contributed by atoms with Gasteiger partial charge in [-0.3, -0.25) is 14.4 Å². The second-order valence-electron chi connectivity index (χ2n) is 7.95. The van der Waals surface area contributed by atoms with Crippen molar-refractivity contribution in [3.63, 3.8) is 0 Å². The molecule has 0 saturated carbocycles. The number of anilines is 2. The fourth-order valence-corrected chi connectivity index (χ4v) is 4.11. The van der Waals surface area contributed by atoms with Crippen LogP contribution in [0.25, 0.3) is 0 Å². The van der Waals surface area contributed by atoms with Crippen molar-refractivity contribution in [3.05, 3.63) is 59.1 Å². The number of amides is 3. The van der Waals surface area contributed by atoms with E-state index in [2.05, 4.69) is 17.2 Å². The highest BCUT2D eigenvalue weighted by Gasteiger charge is 2.34. The largest absolute Gasteiger partial charge is 0.345 e. The molecule has 1 unspecified atom stereocenters. The van der Waals surface area contributed by atoms with E-state index in [1.54, 1.807) is 29.2 Å². The van der Waals surface area contributed by atoms with E-state index >= 15 is 0 Å². The molecular formula is C25H24ClN3O3. The first-order chi connectivity index (χ1) is 15.5. The number of benzene rings is 2. The number of rotatable bonds is 4. The summed E-state index contributed by atoms with van der Waals surface area (Å²) < 4.78 is 0. The predicted octanol–water partition coefficient (Wildman–Crippen LogP) is 3.38. The van der Waals surface area contributed by atoms with Gasteiger partial charge in [-0.2, -0.15) is 0 Å². The summed E-state index contributed by atoms with van der Waals surface area (Å²) in [6.07, 6.45) is 2.76. The summed E-state index contributed by atoms with van der Waals surface area (Å²) in [5.41, 5.74) is 2.45. The zero-order valence-electron chi connectivity index (χ0n) is 17.6. The first-order valence-corrected chi connectivity index (χ1v) is 11.1. The summed E-state index contributed by atoms with van der Waals surface area (Å²) in [4.78, 5) is 40.2. The molecule has 2 aromatic rings. The van der Waals surface area contributed by atoms with Crippen LogP contribution < -0.4 is 15.1 Å². The first kappa shape index (κ1) is 21.9. The second kappa shape index (κ2) is 9.88. The highest BCUT2D eigenvalue weighted by molar-refractivity contribution is 6.30. The molecule has 1 atom stereocenters. The number of piperidine rings is 1. The van der Waals surface area contributed by atoms with Crippen LogP contribution in [-0.2, 0) is 14.4 Å². The van der Waals surface area contributed by atoms with Gasteiger partial charge < -0.3 is 15.1 Å². The van der Waals surface area contributed by atoms with Crippen LogP contribution in [0, 0.1) is 17.8 Å². The van der Waals surface area contributed by atoms with E-state index in [1.807, 2.05) is 29.2 Å². The molecule has 0 radical (unpaired) electrons. The molecule has 164 valence electrons. The van der Waals surface area contributed by atoms with Gasteiger partial charge in [0.25, 0.3) is 0 Å². The third-order valence-corrected chi connectivity index (χ3v) is 5.97. The number of hydrogen-bond acceptors (Lipinski definition) is 3. The number of hydrogen-bond donors (Lipinski definition) is 1. The van der Waals surface area contributed by atoms with Gasteiger partial charge in [-0.15, -0.1) is 0 Å². The molecule has 0 aliphatic carbocycles. The topological polar surface area (TPSA) is 69.7 Å². The summed E-state index contributed by atoms with van der Waals surface area (Å²) in [6, 6.07) is 14.6. The van der Waals surface area contributed by atoms with Crippen molar-refractivity contribution in [3.8, 4) is 11.8 Å².